The Hall–Kier alpha value is -0.960. The van der Waals surface area contributed by atoms with E-state index in [-0.39, 0.29) is 18.1 Å². The second kappa shape index (κ2) is 7.74. The number of aliphatic hydroxyl groups is 1. The summed E-state index contributed by atoms with van der Waals surface area (Å²) in [5.74, 6) is -0.0368. The van der Waals surface area contributed by atoms with E-state index in [2.05, 4.69) is 44.9 Å². The maximum Gasteiger partial charge on any atom is 0.252 e. The number of nitrogens with zero attached hydrogens (tertiary/aromatic N) is 1. The first kappa shape index (κ1) is 16.9. The summed E-state index contributed by atoms with van der Waals surface area (Å²) in [4.78, 5) is 14.4. The molecule has 1 aromatic heterocycles. The van der Waals surface area contributed by atoms with Crippen molar-refractivity contribution in [1.29, 1.82) is 0 Å². The van der Waals surface area contributed by atoms with Crippen molar-refractivity contribution in [3.8, 4) is 0 Å². The lowest BCUT2D eigenvalue weighted by Gasteiger charge is -2.24. The number of carbonyl (C=O) groups excluding carboxylic acids is 1. The molecule has 1 aliphatic rings. The molecule has 0 unspecified atom stereocenters. The van der Waals surface area contributed by atoms with Gasteiger partial charge in [0.15, 0.2) is 0 Å². The minimum absolute atomic E-state index is 0.0368. The Kier molecular flexibility index (Phi) is 5.68. The fraction of sp³-hybridized carbons (Fsp3) is 0.353. The lowest BCUT2D eigenvalue weighted by atomic mass is 10.1. The highest BCUT2D eigenvalue weighted by Crippen LogP contribution is 2.21. The average molecular weight is 442 g/mol. The van der Waals surface area contributed by atoms with Gasteiger partial charge in [-0.15, -0.1) is 11.3 Å². The number of thiophene rings is 1. The highest BCUT2D eigenvalue weighted by molar-refractivity contribution is 14.1. The molecule has 0 saturated carbocycles. The van der Waals surface area contributed by atoms with Gasteiger partial charge in [-0.3, -0.25) is 9.69 Å². The fourth-order valence-electron chi connectivity index (χ4n) is 2.92. The van der Waals surface area contributed by atoms with E-state index < -0.39 is 0 Å². The molecule has 2 atom stereocenters. The lowest BCUT2D eigenvalue weighted by molar-refractivity contribution is 0.0940. The minimum atomic E-state index is -0.317. The number of likely N-dealkylation sites (tertiary alicyclic amines) is 1. The van der Waals surface area contributed by atoms with Crippen molar-refractivity contribution < 1.29 is 9.90 Å². The molecule has 0 radical (unpaired) electrons. The zero-order valence-corrected chi connectivity index (χ0v) is 15.6. The third-order valence-corrected chi connectivity index (χ3v) is 5.85. The first-order valence-corrected chi connectivity index (χ1v) is 9.56. The number of amides is 1. The van der Waals surface area contributed by atoms with Gasteiger partial charge in [0.05, 0.1) is 14.6 Å². The summed E-state index contributed by atoms with van der Waals surface area (Å²) in [6.45, 7) is 2.02. The topological polar surface area (TPSA) is 52.6 Å². The van der Waals surface area contributed by atoms with Crippen molar-refractivity contribution in [2.45, 2.75) is 25.1 Å². The van der Waals surface area contributed by atoms with Crippen LogP contribution in [0.15, 0.2) is 41.8 Å². The van der Waals surface area contributed by atoms with Crippen LogP contribution in [0.2, 0.25) is 0 Å². The number of β-amino-alcohol motifs (C(OH)–C–C–N with tert-alkyl or cyclic N) is 1. The summed E-state index contributed by atoms with van der Waals surface area (Å²) in [7, 11) is 0. The Labute approximate surface area is 153 Å². The predicted molar refractivity (Wildman–Crippen MR) is 101 cm³/mol. The van der Waals surface area contributed by atoms with Crippen LogP contribution in [0, 0.1) is 2.88 Å². The van der Waals surface area contributed by atoms with E-state index in [0.717, 1.165) is 9.43 Å². The highest BCUT2D eigenvalue weighted by Gasteiger charge is 2.31. The Balaban J connectivity index is 1.58. The number of aliphatic hydroxyl groups excluding tert-OH is 1. The number of hydrogen-bond donors (Lipinski definition) is 2. The molecule has 1 amide bonds. The van der Waals surface area contributed by atoms with Crippen molar-refractivity contribution in [2.75, 3.05) is 13.1 Å². The summed E-state index contributed by atoms with van der Waals surface area (Å²) >= 11 is 3.79. The minimum Gasteiger partial charge on any atom is -0.392 e. The molecule has 6 heteroatoms. The van der Waals surface area contributed by atoms with Gasteiger partial charge in [-0.05, 0) is 40.6 Å². The van der Waals surface area contributed by atoms with Gasteiger partial charge < -0.3 is 10.4 Å². The van der Waals surface area contributed by atoms with Gasteiger partial charge in [0, 0.05) is 31.1 Å². The van der Waals surface area contributed by atoms with Gasteiger partial charge >= 0.3 is 0 Å². The highest BCUT2D eigenvalue weighted by atomic mass is 127. The van der Waals surface area contributed by atoms with Crippen LogP contribution in [0.4, 0.5) is 0 Å². The van der Waals surface area contributed by atoms with E-state index in [1.165, 1.54) is 5.56 Å². The maximum absolute atomic E-state index is 12.2. The Morgan fingerprint density at radius 2 is 2.17 bits per heavy atom. The van der Waals surface area contributed by atoms with E-state index in [9.17, 15) is 9.90 Å². The van der Waals surface area contributed by atoms with Gasteiger partial charge in [0.2, 0.25) is 0 Å². The number of carbonyl (C=O) groups is 1. The molecule has 122 valence electrons. The Morgan fingerprint density at radius 1 is 1.39 bits per heavy atom. The molecule has 0 bridgehead atoms. The molecule has 2 N–H and O–H groups in total. The van der Waals surface area contributed by atoms with Gasteiger partial charge in [0.25, 0.3) is 5.91 Å². The molecule has 2 aromatic rings. The second-order valence-electron chi connectivity index (χ2n) is 5.81. The Morgan fingerprint density at radius 3 is 2.87 bits per heavy atom. The number of hydrogen-bond acceptors (Lipinski definition) is 4. The summed E-state index contributed by atoms with van der Waals surface area (Å²) in [6, 6.07) is 12.3. The smallest absolute Gasteiger partial charge is 0.252 e. The molecule has 1 saturated heterocycles. The van der Waals surface area contributed by atoms with Crippen molar-refractivity contribution in [2.24, 2.45) is 0 Å². The Bertz CT molecular complexity index is 662. The van der Waals surface area contributed by atoms with Crippen LogP contribution in [-0.2, 0) is 6.54 Å². The zero-order chi connectivity index (χ0) is 16.2. The van der Waals surface area contributed by atoms with Gasteiger partial charge in [-0.2, -0.15) is 0 Å². The molecule has 1 aromatic carbocycles. The normalized spacial score (nSPS) is 21.5. The number of benzene rings is 1. The fourth-order valence-corrected chi connectivity index (χ4v) is 4.25. The number of nitrogens with one attached hydrogen (secondary N) is 1. The molecule has 1 aliphatic heterocycles. The van der Waals surface area contributed by atoms with Crippen LogP contribution in [0.25, 0.3) is 0 Å². The maximum atomic E-state index is 12.2. The van der Waals surface area contributed by atoms with E-state index >= 15 is 0 Å². The molecule has 0 aliphatic carbocycles. The van der Waals surface area contributed by atoms with E-state index in [0.29, 0.717) is 25.1 Å². The zero-order valence-electron chi connectivity index (χ0n) is 12.6. The van der Waals surface area contributed by atoms with Crippen LogP contribution in [0.3, 0.4) is 0 Å². The van der Waals surface area contributed by atoms with E-state index in [1.807, 2.05) is 29.6 Å². The second-order valence-corrected chi connectivity index (χ2v) is 8.61. The van der Waals surface area contributed by atoms with E-state index in [1.54, 1.807) is 11.3 Å². The third-order valence-electron chi connectivity index (χ3n) is 4.06. The first-order chi connectivity index (χ1) is 11.1. The summed E-state index contributed by atoms with van der Waals surface area (Å²) in [6.07, 6.45) is 0.386. The van der Waals surface area contributed by atoms with E-state index in [4.69, 9.17) is 0 Å². The monoisotopic (exact) mass is 442 g/mol. The van der Waals surface area contributed by atoms with Crippen LogP contribution in [0.5, 0.6) is 0 Å². The third kappa shape index (κ3) is 4.53. The summed E-state index contributed by atoms with van der Waals surface area (Å²) in [5.41, 5.74) is 1.94. The molecule has 2 heterocycles. The van der Waals surface area contributed by atoms with Crippen molar-refractivity contribution in [3.05, 3.63) is 55.8 Å². The van der Waals surface area contributed by atoms with Gasteiger partial charge in [-0.1, -0.05) is 30.3 Å². The van der Waals surface area contributed by atoms with Crippen molar-refractivity contribution >= 4 is 39.8 Å². The predicted octanol–water partition coefficient (Wildman–Crippen LogP) is 2.72. The number of halogens is 1. The van der Waals surface area contributed by atoms with Crippen LogP contribution >= 0.6 is 33.9 Å². The standard InChI is InChI=1S/C17H19IN2O2S/c18-16-6-13(11-23-16)17(22)19-8-14-7-15(21)10-20(14)9-12-4-2-1-3-5-12/h1-6,11,14-15,21H,7-10H2,(H,19,22)/t14-,15+/m1/s1. The van der Waals surface area contributed by atoms with Crippen LogP contribution < -0.4 is 5.32 Å². The summed E-state index contributed by atoms with van der Waals surface area (Å²) < 4.78 is 1.11. The largest absolute Gasteiger partial charge is 0.392 e. The lowest BCUT2D eigenvalue weighted by Crippen LogP contribution is -2.39. The number of rotatable bonds is 5. The van der Waals surface area contributed by atoms with Crippen LogP contribution in [-0.4, -0.2) is 41.1 Å². The molecule has 23 heavy (non-hydrogen) atoms. The van der Waals surface area contributed by atoms with Crippen molar-refractivity contribution in [3.63, 3.8) is 0 Å². The van der Waals surface area contributed by atoms with Gasteiger partial charge in [0.1, 0.15) is 0 Å². The molecule has 3 rings (SSSR count). The van der Waals surface area contributed by atoms with Crippen molar-refractivity contribution in [1.82, 2.24) is 10.2 Å². The van der Waals surface area contributed by atoms with Gasteiger partial charge in [-0.25, -0.2) is 0 Å². The first-order valence-electron chi connectivity index (χ1n) is 7.60. The molecule has 1 fully saturated rings. The van der Waals surface area contributed by atoms with Crippen LogP contribution in [0.1, 0.15) is 22.3 Å². The molecule has 0 spiro atoms. The molecular weight excluding hydrogens is 423 g/mol. The average Bonchev–Trinajstić information content (AvgIpc) is 3.12. The summed E-state index contributed by atoms with van der Waals surface area (Å²) in [5, 5.41) is 14.9. The molecular formula is C17H19IN2O2S. The quantitative estimate of drug-likeness (QED) is 0.701. The molecule has 4 nitrogen and oxygen atoms in total. The SMILES string of the molecule is O=C(NC[C@H]1C[C@H](O)CN1Cc1ccccc1)c1csc(I)c1.